The largest absolute Gasteiger partial charge is 0.236 e. The van der Waals surface area contributed by atoms with Crippen molar-refractivity contribution < 1.29 is 8.42 Å². The highest BCUT2D eigenvalue weighted by atomic mass is 32.2. The van der Waals surface area contributed by atoms with Crippen LogP contribution in [-0.4, -0.2) is 18.2 Å². The summed E-state index contributed by atoms with van der Waals surface area (Å²) in [7, 11) is -3.49. The summed E-state index contributed by atoms with van der Waals surface area (Å²) in [6, 6.07) is 20.9. The van der Waals surface area contributed by atoms with Crippen molar-refractivity contribution in [2.75, 3.05) is 0 Å². The van der Waals surface area contributed by atoms with Gasteiger partial charge in [-0.25, -0.2) is 13.1 Å². The lowest BCUT2D eigenvalue weighted by atomic mass is 10.2. The number of benzene rings is 2. The first kappa shape index (κ1) is 19.6. The summed E-state index contributed by atoms with van der Waals surface area (Å²) in [4.78, 5) is 1.35. The van der Waals surface area contributed by atoms with Gasteiger partial charge in [-0.1, -0.05) is 43.3 Å². The molecule has 4 aromatic rings. The maximum Gasteiger partial charge on any atom is 0.184 e. The molecule has 4 rings (SSSR count). The lowest BCUT2D eigenvalue weighted by Gasteiger charge is -2.11. The van der Waals surface area contributed by atoms with Gasteiger partial charge in [0.15, 0.2) is 9.84 Å². The van der Waals surface area contributed by atoms with Crippen LogP contribution in [0.15, 0.2) is 77.0 Å². The van der Waals surface area contributed by atoms with Crippen molar-refractivity contribution in [2.45, 2.75) is 30.9 Å². The van der Waals surface area contributed by atoms with Crippen LogP contribution in [0.1, 0.15) is 23.7 Å². The Morgan fingerprint density at radius 3 is 2.41 bits per heavy atom. The van der Waals surface area contributed by atoms with E-state index in [9.17, 15) is 8.42 Å². The summed E-state index contributed by atoms with van der Waals surface area (Å²) < 4.78 is 28.0. The van der Waals surface area contributed by atoms with Crippen molar-refractivity contribution >= 4 is 21.2 Å². The van der Waals surface area contributed by atoms with E-state index < -0.39 is 9.84 Å². The van der Waals surface area contributed by atoms with Crippen LogP contribution in [0.25, 0.3) is 16.3 Å². The second-order valence-electron chi connectivity index (χ2n) is 6.95. The number of thiophene rings is 1. The molecule has 0 atom stereocenters. The highest BCUT2D eigenvalue weighted by Crippen LogP contribution is 2.28. The summed E-state index contributed by atoms with van der Waals surface area (Å²) in [5.41, 5.74) is 4.49. The van der Waals surface area contributed by atoms with Gasteiger partial charge in [0.05, 0.1) is 26.9 Å². The van der Waals surface area contributed by atoms with E-state index in [1.54, 1.807) is 28.2 Å². The fourth-order valence-corrected chi connectivity index (χ4v) is 5.28. The third-order valence-electron chi connectivity index (χ3n) is 4.93. The Morgan fingerprint density at radius 1 is 1.00 bits per heavy atom. The van der Waals surface area contributed by atoms with Crippen LogP contribution in [0.3, 0.4) is 0 Å². The normalized spacial score (nSPS) is 11.7. The van der Waals surface area contributed by atoms with Gasteiger partial charge in [0.1, 0.15) is 5.69 Å². The lowest BCUT2D eigenvalue weighted by molar-refractivity contribution is 0.593. The van der Waals surface area contributed by atoms with Crippen molar-refractivity contribution in [3.05, 3.63) is 88.9 Å². The topological polar surface area (TPSA) is 52.0 Å². The van der Waals surface area contributed by atoms with E-state index in [4.69, 9.17) is 5.10 Å². The minimum Gasteiger partial charge on any atom is -0.236 e. The first-order chi connectivity index (χ1) is 14.0. The van der Waals surface area contributed by atoms with Gasteiger partial charge in [-0.05, 0) is 60.2 Å². The SMILES string of the molecule is CCc1ccc(S(=O)(=O)Cc2cc(-c3cccs3)nn2-c2ccccc2C)cc1. The summed E-state index contributed by atoms with van der Waals surface area (Å²) in [5, 5.41) is 6.75. The highest BCUT2D eigenvalue weighted by molar-refractivity contribution is 7.90. The Morgan fingerprint density at radius 2 is 1.76 bits per heavy atom. The van der Waals surface area contributed by atoms with Crippen molar-refractivity contribution in [1.82, 2.24) is 9.78 Å². The first-order valence-corrected chi connectivity index (χ1v) is 12.0. The quantitative estimate of drug-likeness (QED) is 0.415. The van der Waals surface area contributed by atoms with Gasteiger partial charge < -0.3 is 0 Å². The average molecular weight is 423 g/mol. The molecule has 0 spiro atoms. The fourth-order valence-electron chi connectivity index (χ4n) is 3.29. The number of aromatic nitrogens is 2. The highest BCUT2D eigenvalue weighted by Gasteiger charge is 2.21. The predicted octanol–water partition coefficient (Wildman–Crippen LogP) is 5.45. The van der Waals surface area contributed by atoms with Crippen LogP contribution >= 0.6 is 11.3 Å². The van der Waals surface area contributed by atoms with Crippen molar-refractivity contribution in [2.24, 2.45) is 0 Å². The smallest absolute Gasteiger partial charge is 0.184 e. The molecule has 0 radical (unpaired) electrons. The number of hydrogen-bond acceptors (Lipinski definition) is 4. The van der Waals surface area contributed by atoms with Crippen molar-refractivity contribution in [3.8, 4) is 16.3 Å². The summed E-state index contributed by atoms with van der Waals surface area (Å²) >= 11 is 1.59. The number of aryl methyl sites for hydroxylation is 2. The van der Waals surface area contributed by atoms with Gasteiger partial charge in [0.2, 0.25) is 0 Å². The molecule has 148 valence electrons. The number of sulfone groups is 1. The second kappa shape index (κ2) is 7.97. The Labute approximate surface area is 175 Å². The van der Waals surface area contributed by atoms with Crippen LogP contribution in [0.2, 0.25) is 0 Å². The number of nitrogens with zero attached hydrogens (tertiary/aromatic N) is 2. The standard InChI is InChI=1S/C23H22N2O2S2/c1-3-18-10-12-20(13-11-18)29(26,27)16-19-15-21(23-9-6-14-28-23)24-25(19)22-8-5-4-7-17(22)2/h4-15H,3,16H2,1-2H3. The monoisotopic (exact) mass is 422 g/mol. The molecule has 0 amide bonds. The van der Waals surface area contributed by atoms with Crippen LogP contribution in [0.4, 0.5) is 0 Å². The van der Waals surface area contributed by atoms with Crippen LogP contribution in [-0.2, 0) is 22.0 Å². The zero-order valence-corrected chi connectivity index (χ0v) is 18.0. The molecule has 0 aliphatic heterocycles. The molecule has 29 heavy (non-hydrogen) atoms. The molecular formula is C23H22N2O2S2. The van der Waals surface area contributed by atoms with Crippen LogP contribution < -0.4 is 0 Å². The van der Waals surface area contributed by atoms with E-state index in [2.05, 4.69) is 6.92 Å². The van der Waals surface area contributed by atoms with Crippen molar-refractivity contribution in [3.63, 3.8) is 0 Å². The molecule has 0 aliphatic carbocycles. The third kappa shape index (κ3) is 4.04. The van der Waals surface area contributed by atoms with E-state index in [0.717, 1.165) is 33.8 Å². The molecule has 6 heteroatoms. The van der Waals surface area contributed by atoms with E-state index in [-0.39, 0.29) is 5.75 Å². The van der Waals surface area contributed by atoms with Gasteiger partial charge in [0.25, 0.3) is 0 Å². The van der Waals surface area contributed by atoms with Gasteiger partial charge in [-0.3, -0.25) is 0 Å². The lowest BCUT2D eigenvalue weighted by Crippen LogP contribution is -2.11. The Hall–Kier alpha value is -2.70. The summed E-state index contributed by atoms with van der Waals surface area (Å²) in [6.07, 6.45) is 0.880. The minimum absolute atomic E-state index is 0.106. The van der Waals surface area contributed by atoms with Crippen molar-refractivity contribution in [1.29, 1.82) is 0 Å². The molecular weight excluding hydrogens is 400 g/mol. The molecule has 0 N–H and O–H groups in total. The second-order valence-corrected chi connectivity index (χ2v) is 9.89. The molecule has 0 fully saturated rings. The number of rotatable bonds is 6. The third-order valence-corrected chi connectivity index (χ3v) is 7.49. The molecule has 2 aromatic heterocycles. The van der Waals surface area contributed by atoms with Gasteiger partial charge in [0, 0.05) is 0 Å². The number of hydrogen-bond donors (Lipinski definition) is 0. The van der Waals surface area contributed by atoms with E-state index in [1.165, 1.54) is 0 Å². The molecule has 2 aromatic carbocycles. The molecule has 0 unspecified atom stereocenters. The van der Waals surface area contributed by atoms with Gasteiger partial charge >= 0.3 is 0 Å². The van der Waals surface area contributed by atoms with E-state index in [0.29, 0.717) is 10.6 Å². The molecule has 0 saturated carbocycles. The zero-order chi connectivity index (χ0) is 20.4. The van der Waals surface area contributed by atoms with Crippen LogP contribution in [0.5, 0.6) is 0 Å². The molecule has 2 heterocycles. The molecule has 4 nitrogen and oxygen atoms in total. The zero-order valence-electron chi connectivity index (χ0n) is 16.4. The molecule has 0 saturated heterocycles. The van der Waals surface area contributed by atoms with E-state index in [1.807, 2.05) is 66.9 Å². The molecule has 0 aliphatic rings. The Balaban J connectivity index is 1.78. The fraction of sp³-hybridized carbons (Fsp3) is 0.174. The maximum atomic E-state index is 13.1. The van der Waals surface area contributed by atoms with Gasteiger partial charge in [-0.15, -0.1) is 11.3 Å². The van der Waals surface area contributed by atoms with E-state index >= 15 is 0 Å². The van der Waals surface area contributed by atoms with Gasteiger partial charge in [-0.2, -0.15) is 5.10 Å². The molecule has 0 bridgehead atoms. The Kier molecular flexibility index (Phi) is 5.39. The summed E-state index contributed by atoms with van der Waals surface area (Å²) in [6.45, 7) is 4.06. The predicted molar refractivity (Wildman–Crippen MR) is 118 cm³/mol. The van der Waals surface area contributed by atoms with Crippen LogP contribution in [0, 0.1) is 6.92 Å². The average Bonchev–Trinajstić information content (AvgIpc) is 3.38. The minimum atomic E-state index is -3.49. The first-order valence-electron chi connectivity index (χ1n) is 9.48. The number of para-hydroxylation sites is 1. The summed E-state index contributed by atoms with van der Waals surface area (Å²) in [5.74, 6) is -0.106. The maximum absolute atomic E-state index is 13.1. The Bertz CT molecular complexity index is 1220.